The molecule has 0 aliphatic carbocycles. The van der Waals surface area contributed by atoms with E-state index in [1.807, 2.05) is 23.2 Å². The Morgan fingerprint density at radius 3 is 3.07 bits per heavy atom. The Morgan fingerprint density at radius 2 is 2.47 bits per heavy atom. The van der Waals surface area contributed by atoms with E-state index in [-0.39, 0.29) is 0 Å². The Hall–Kier alpha value is -1.07. The summed E-state index contributed by atoms with van der Waals surface area (Å²) < 4.78 is 1.87. The molecule has 0 aromatic carbocycles. The van der Waals surface area contributed by atoms with Crippen molar-refractivity contribution in [1.29, 1.82) is 0 Å². The quantitative estimate of drug-likeness (QED) is 0.894. The molecule has 6 heteroatoms. The average Bonchev–Trinajstić information content (AvgIpc) is 2.77. The highest BCUT2D eigenvalue weighted by molar-refractivity contribution is 7.14. The van der Waals surface area contributed by atoms with Crippen molar-refractivity contribution in [2.45, 2.75) is 6.42 Å². The predicted octanol–water partition coefficient (Wildman–Crippen LogP) is 2.18. The van der Waals surface area contributed by atoms with Gasteiger partial charge < -0.3 is 5.32 Å². The zero-order chi connectivity index (χ0) is 10.7. The van der Waals surface area contributed by atoms with Crippen molar-refractivity contribution in [3.63, 3.8) is 0 Å². The number of hydrogen-bond acceptors (Lipinski definition) is 4. The SMILES string of the molecule is Cn1nccc1CCNc1nc(Cl)cs1. The fourth-order valence-corrected chi connectivity index (χ4v) is 2.15. The average molecular weight is 243 g/mol. The molecule has 0 bridgehead atoms. The van der Waals surface area contributed by atoms with Crippen LogP contribution in [0.15, 0.2) is 17.6 Å². The molecular formula is C9H11ClN4S. The first-order valence-corrected chi connectivity index (χ1v) is 5.83. The van der Waals surface area contributed by atoms with Gasteiger partial charge in [0.2, 0.25) is 0 Å². The van der Waals surface area contributed by atoms with E-state index in [1.54, 1.807) is 6.20 Å². The minimum Gasteiger partial charge on any atom is -0.361 e. The number of aromatic nitrogens is 3. The number of hydrogen-bond donors (Lipinski definition) is 1. The second-order valence-corrected chi connectivity index (χ2v) is 4.34. The standard InChI is InChI=1S/C9H11ClN4S/c1-14-7(3-5-12-14)2-4-11-9-13-8(10)6-15-9/h3,5-6H,2,4H2,1H3,(H,11,13). The molecule has 0 unspecified atom stereocenters. The first kappa shape index (κ1) is 10.4. The summed E-state index contributed by atoms with van der Waals surface area (Å²) in [5.74, 6) is 0. The maximum atomic E-state index is 5.71. The van der Waals surface area contributed by atoms with Crippen LogP contribution in [0.25, 0.3) is 0 Å². The minimum absolute atomic E-state index is 0.544. The van der Waals surface area contributed by atoms with E-state index in [4.69, 9.17) is 11.6 Å². The Kier molecular flexibility index (Phi) is 3.23. The smallest absolute Gasteiger partial charge is 0.184 e. The van der Waals surface area contributed by atoms with Gasteiger partial charge in [-0.1, -0.05) is 11.6 Å². The predicted molar refractivity (Wildman–Crippen MR) is 62.5 cm³/mol. The van der Waals surface area contributed by atoms with E-state index in [0.717, 1.165) is 18.1 Å². The van der Waals surface area contributed by atoms with Crippen LogP contribution in [-0.4, -0.2) is 21.3 Å². The summed E-state index contributed by atoms with van der Waals surface area (Å²) in [5.41, 5.74) is 1.20. The zero-order valence-corrected chi connectivity index (χ0v) is 9.85. The molecule has 0 spiro atoms. The van der Waals surface area contributed by atoms with E-state index in [0.29, 0.717) is 5.15 Å². The van der Waals surface area contributed by atoms with Gasteiger partial charge in [0, 0.05) is 37.3 Å². The van der Waals surface area contributed by atoms with Crippen LogP contribution < -0.4 is 5.32 Å². The third-order valence-corrected chi connectivity index (χ3v) is 3.18. The molecule has 0 aliphatic rings. The molecule has 2 heterocycles. The molecule has 0 saturated carbocycles. The number of nitrogens with one attached hydrogen (secondary N) is 1. The lowest BCUT2D eigenvalue weighted by atomic mass is 10.3. The second kappa shape index (κ2) is 4.63. The molecule has 0 fully saturated rings. The summed E-state index contributed by atoms with van der Waals surface area (Å²) in [4.78, 5) is 4.10. The Bertz CT molecular complexity index is 437. The number of rotatable bonds is 4. The fourth-order valence-electron chi connectivity index (χ4n) is 1.28. The lowest BCUT2D eigenvalue weighted by molar-refractivity contribution is 0.711. The highest BCUT2D eigenvalue weighted by atomic mass is 35.5. The van der Waals surface area contributed by atoms with Gasteiger partial charge in [0.25, 0.3) is 0 Å². The highest BCUT2D eigenvalue weighted by Gasteiger charge is 2.00. The van der Waals surface area contributed by atoms with Gasteiger partial charge in [0.1, 0.15) is 5.15 Å². The van der Waals surface area contributed by atoms with Crippen molar-refractivity contribution in [2.24, 2.45) is 7.05 Å². The highest BCUT2D eigenvalue weighted by Crippen LogP contribution is 2.18. The van der Waals surface area contributed by atoms with Crippen molar-refractivity contribution in [3.05, 3.63) is 28.5 Å². The van der Waals surface area contributed by atoms with Gasteiger partial charge in [-0.15, -0.1) is 11.3 Å². The van der Waals surface area contributed by atoms with Crippen LogP contribution in [0.4, 0.5) is 5.13 Å². The monoisotopic (exact) mass is 242 g/mol. The Balaban J connectivity index is 1.83. The van der Waals surface area contributed by atoms with E-state index in [9.17, 15) is 0 Å². The molecule has 2 aromatic heterocycles. The molecule has 0 amide bonds. The number of thiazole rings is 1. The van der Waals surface area contributed by atoms with Crippen molar-refractivity contribution in [1.82, 2.24) is 14.8 Å². The topological polar surface area (TPSA) is 42.7 Å². The third-order valence-electron chi connectivity index (χ3n) is 2.06. The summed E-state index contributed by atoms with van der Waals surface area (Å²) in [7, 11) is 1.94. The van der Waals surface area contributed by atoms with Crippen molar-refractivity contribution in [3.8, 4) is 0 Å². The first-order valence-electron chi connectivity index (χ1n) is 4.57. The number of anilines is 1. The summed E-state index contributed by atoms with van der Waals surface area (Å²) in [6.07, 6.45) is 2.73. The van der Waals surface area contributed by atoms with Crippen LogP contribution in [-0.2, 0) is 13.5 Å². The summed E-state index contributed by atoms with van der Waals surface area (Å²) in [6.45, 7) is 0.837. The van der Waals surface area contributed by atoms with E-state index in [1.165, 1.54) is 17.0 Å². The van der Waals surface area contributed by atoms with Crippen molar-refractivity contribution in [2.75, 3.05) is 11.9 Å². The molecule has 0 atom stereocenters. The molecule has 2 aromatic rings. The van der Waals surface area contributed by atoms with E-state index >= 15 is 0 Å². The molecule has 0 radical (unpaired) electrons. The van der Waals surface area contributed by atoms with E-state index in [2.05, 4.69) is 15.4 Å². The van der Waals surface area contributed by atoms with E-state index < -0.39 is 0 Å². The maximum absolute atomic E-state index is 5.71. The Labute approximate surface area is 96.9 Å². The van der Waals surface area contributed by atoms with Gasteiger partial charge in [0.15, 0.2) is 5.13 Å². The number of aryl methyl sites for hydroxylation is 1. The summed E-state index contributed by atoms with van der Waals surface area (Å²) in [5, 5.41) is 10.5. The van der Waals surface area contributed by atoms with Crippen LogP contribution in [0, 0.1) is 0 Å². The second-order valence-electron chi connectivity index (χ2n) is 3.10. The number of halogens is 1. The largest absolute Gasteiger partial charge is 0.361 e. The molecular weight excluding hydrogens is 232 g/mol. The molecule has 80 valence electrons. The van der Waals surface area contributed by atoms with Crippen LogP contribution in [0.3, 0.4) is 0 Å². The van der Waals surface area contributed by atoms with Crippen LogP contribution in [0.1, 0.15) is 5.69 Å². The van der Waals surface area contributed by atoms with Crippen molar-refractivity contribution < 1.29 is 0 Å². The molecule has 4 nitrogen and oxygen atoms in total. The summed E-state index contributed by atoms with van der Waals surface area (Å²) >= 11 is 7.22. The van der Waals surface area contributed by atoms with Gasteiger partial charge in [-0.25, -0.2) is 4.98 Å². The van der Waals surface area contributed by atoms with Crippen LogP contribution in [0.2, 0.25) is 5.15 Å². The molecule has 15 heavy (non-hydrogen) atoms. The van der Waals surface area contributed by atoms with Gasteiger partial charge in [-0.05, 0) is 6.07 Å². The van der Waals surface area contributed by atoms with Crippen LogP contribution >= 0.6 is 22.9 Å². The molecule has 0 aliphatic heterocycles. The zero-order valence-electron chi connectivity index (χ0n) is 8.27. The van der Waals surface area contributed by atoms with Gasteiger partial charge in [-0.3, -0.25) is 4.68 Å². The summed E-state index contributed by atoms with van der Waals surface area (Å²) in [6, 6.07) is 2.01. The molecule has 1 N–H and O–H groups in total. The molecule has 2 rings (SSSR count). The lowest BCUT2D eigenvalue weighted by Crippen LogP contribution is -2.07. The number of nitrogens with zero attached hydrogens (tertiary/aromatic N) is 3. The van der Waals surface area contributed by atoms with Gasteiger partial charge in [-0.2, -0.15) is 5.10 Å². The van der Waals surface area contributed by atoms with Gasteiger partial charge >= 0.3 is 0 Å². The molecule has 0 saturated heterocycles. The normalized spacial score (nSPS) is 10.5. The lowest BCUT2D eigenvalue weighted by Gasteiger charge is -2.02. The Morgan fingerprint density at radius 1 is 1.60 bits per heavy atom. The third kappa shape index (κ3) is 2.70. The minimum atomic E-state index is 0.544. The fraction of sp³-hybridized carbons (Fsp3) is 0.333. The maximum Gasteiger partial charge on any atom is 0.184 e. The first-order chi connectivity index (χ1) is 7.25. The van der Waals surface area contributed by atoms with Crippen LogP contribution in [0.5, 0.6) is 0 Å². The van der Waals surface area contributed by atoms with Gasteiger partial charge in [0.05, 0.1) is 0 Å². The van der Waals surface area contributed by atoms with Crippen molar-refractivity contribution >= 4 is 28.1 Å².